The minimum Gasteiger partial charge on any atom is -0.491 e. The number of anilines is 1. The lowest BCUT2D eigenvalue weighted by molar-refractivity contribution is -0.115. The molecule has 0 unspecified atom stereocenters. The third-order valence-electron chi connectivity index (χ3n) is 2.30. The fourth-order valence-corrected chi connectivity index (χ4v) is 1.24. The highest BCUT2D eigenvalue weighted by atomic mass is 16.6. The van der Waals surface area contributed by atoms with Gasteiger partial charge in [-0.25, -0.2) is 0 Å². The molecule has 0 aliphatic carbocycles. The van der Waals surface area contributed by atoms with E-state index in [1.54, 1.807) is 0 Å². The topological polar surface area (TPSA) is 50.9 Å². The molecule has 4 nitrogen and oxygen atoms in total. The second-order valence-electron chi connectivity index (χ2n) is 3.69. The molecule has 1 N–H and O–H groups in total. The quantitative estimate of drug-likeness (QED) is 0.771. The third-order valence-corrected chi connectivity index (χ3v) is 2.30. The van der Waals surface area contributed by atoms with Gasteiger partial charge in [0.15, 0.2) is 0 Å². The fraction of sp³-hybridized carbons (Fsp3) is 0.417. The molecule has 0 radical (unpaired) electrons. The Morgan fingerprint density at radius 3 is 2.75 bits per heavy atom. The molecular weight excluding hydrogens is 206 g/mol. The lowest BCUT2D eigenvalue weighted by Crippen LogP contribution is -2.09. The molecule has 0 saturated carbocycles. The van der Waals surface area contributed by atoms with Crippen molar-refractivity contribution in [2.75, 3.05) is 18.5 Å². The van der Waals surface area contributed by atoms with Crippen LogP contribution in [0.4, 0.5) is 5.69 Å². The largest absolute Gasteiger partial charge is 0.491 e. The minimum atomic E-state index is 0.0139. The number of ether oxygens (including phenoxy) is 2. The molecule has 1 fully saturated rings. The Kier molecular flexibility index (Phi) is 3.41. The summed E-state index contributed by atoms with van der Waals surface area (Å²) < 4.78 is 10.5. The van der Waals surface area contributed by atoms with E-state index in [-0.39, 0.29) is 12.0 Å². The van der Waals surface area contributed by atoms with E-state index in [0.717, 1.165) is 18.0 Å². The highest BCUT2D eigenvalue weighted by Crippen LogP contribution is 2.18. The molecule has 1 aliphatic heterocycles. The van der Waals surface area contributed by atoms with Crippen molar-refractivity contribution in [3.05, 3.63) is 24.3 Å². The molecule has 1 aliphatic rings. The Balaban J connectivity index is 1.85. The molecule has 1 saturated heterocycles. The highest BCUT2D eigenvalue weighted by Gasteiger charge is 2.22. The molecule has 1 aromatic carbocycles. The Morgan fingerprint density at radius 1 is 1.50 bits per heavy atom. The molecule has 2 rings (SSSR count). The molecule has 1 heterocycles. The van der Waals surface area contributed by atoms with Crippen LogP contribution < -0.4 is 10.1 Å². The van der Waals surface area contributed by atoms with Crippen LogP contribution in [0, 0.1) is 0 Å². The second kappa shape index (κ2) is 4.99. The number of hydrogen-bond acceptors (Lipinski definition) is 3. The van der Waals surface area contributed by atoms with Gasteiger partial charge in [-0.3, -0.25) is 4.79 Å². The zero-order chi connectivity index (χ0) is 11.4. The maximum absolute atomic E-state index is 11.1. The van der Waals surface area contributed by atoms with Crippen LogP contribution in [0.5, 0.6) is 5.75 Å². The van der Waals surface area contributed by atoms with Crippen molar-refractivity contribution < 1.29 is 14.3 Å². The van der Waals surface area contributed by atoms with E-state index in [1.807, 2.05) is 31.2 Å². The molecule has 1 aromatic rings. The van der Waals surface area contributed by atoms with Gasteiger partial charge >= 0.3 is 0 Å². The zero-order valence-electron chi connectivity index (χ0n) is 9.23. The van der Waals surface area contributed by atoms with Gasteiger partial charge in [-0.05, 0) is 24.3 Å². The molecule has 86 valence electrons. The molecule has 0 spiro atoms. The standard InChI is InChI=1S/C12H15NO3/c1-2-12(14)13-9-3-5-10(6-4-9)15-7-11-8-16-11/h3-6,11H,2,7-8H2,1H3,(H,13,14)/t11-/m0/s1. The molecule has 16 heavy (non-hydrogen) atoms. The summed E-state index contributed by atoms with van der Waals surface area (Å²) in [7, 11) is 0. The summed E-state index contributed by atoms with van der Waals surface area (Å²) in [6.07, 6.45) is 0.747. The summed E-state index contributed by atoms with van der Waals surface area (Å²) >= 11 is 0. The van der Waals surface area contributed by atoms with Crippen molar-refractivity contribution in [2.24, 2.45) is 0 Å². The van der Waals surface area contributed by atoms with Gasteiger partial charge < -0.3 is 14.8 Å². The fourth-order valence-electron chi connectivity index (χ4n) is 1.24. The Bertz CT molecular complexity index is 357. The maximum atomic E-state index is 11.1. The number of hydrogen-bond donors (Lipinski definition) is 1. The first-order valence-electron chi connectivity index (χ1n) is 5.42. The van der Waals surface area contributed by atoms with Crippen molar-refractivity contribution in [3.63, 3.8) is 0 Å². The number of carbonyl (C=O) groups is 1. The number of carbonyl (C=O) groups excluding carboxylic acids is 1. The van der Waals surface area contributed by atoms with Crippen LogP contribution in [-0.2, 0) is 9.53 Å². The van der Waals surface area contributed by atoms with Crippen molar-refractivity contribution in [2.45, 2.75) is 19.4 Å². The van der Waals surface area contributed by atoms with Gasteiger partial charge in [0.25, 0.3) is 0 Å². The van der Waals surface area contributed by atoms with Gasteiger partial charge in [0, 0.05) is 12.1 Å². The van der Waals surface area contributed by atoms with Crippen LogP contribution in [0.25, 0.3) is 0 Å². The van der Waals surface area contributed by atoms with E-state index >= 15 is 0 Å². The minimum absolute atomic E-state index is 0.0139. The lowest BCUT2D eigenvalue weighted by Gasteiger charge is -2.06. The van der Waals surface area contributed by atoms with E-state index in [1.165, 1.54) is 0 Å². The number of rotatable bonds is 5. The van der Waals surface area contributed by atoms with E-state index in [0.29, 0.717) is 13.0 Å². The lowest BCUT2D eigenvalue weighted by atomic mass is 10.3. The van der Waals surface area contributed by atoms with Crippen LogP contribution in [-0.4, -0.2) is 25.2 Å². The first kappa shape index (κ1) is 11.0. The van der Waals surface area contributed by atoms with Crippen LogP contribution in [0.2, 0.25) is 0 Å². The smallest absolute Gasteiger partial charge is 0.224 e. The number of epoxide rings is 1. The van der Waals surface area contributed by atoms with Gasteiger partial charge in [0.1, 0.15) is 18.5 Å². The number of amides is 1. The second-order valence-corrected chi connectivity index (χ2v) is 3.69. The van der Waals surface area contributed by atoms with Gasteiger partial charge in [-0.15, -0.1) is 0 Å². The van der Waals surface area contributed by atoms with E-state index in [4.69, 9.17) is 9.47 Å². The average molecular weight is 221 g/mol. The van der Waals surface area contributed by atoms with Crippen LogP contribution >= 0.6 is 0 Å². The van der Waals surface area contributed by atoms with Crippen LogP contribution in [0.1, 0.15) is 13.3 Å². The van der Waals surface area contributed by atoms with Gasteiger partial charge in [-0.1, -0.05) is 6.92 Å². The zero-order valence-corrected chi connectivity index (χ0v) is 9.23. The van der Waals surface area contributed by atoms with E-state index in [9.17, 15) is 4.79 Å². The van der Waals surface area contributed by atoms with Gasteiger partial charge in [-0.2, -0.15) is 0 Å². The maximum Gasteiger partial charge on any atom is 0.224 e. The Labute approximate surface area is 94.6 Å². The summed E-state index contributed by atoms with van der Waals surface area (Å²) in [6, 6.07) is 7.34. The summed E-state index contributed by atoms with van der Waals surface area (Å²) in [5.74, 6) is 0.810. The van der Waals surface area contributed by atoms with Gasteiger partial charge in [0.2, 0.25) is 5.91 Å². The summed E-state index contributed by atoms with van der Waals surface area (Å²) in [6.45, 7) is 3.22. The Morgan fingerprint density at radius 2 is 2.19 bits per heavy atom. The molecule has 1 amide bonds. The van der Waals surface area contributed by atoms with Crippen molar-refractivity contribution in [1.82, 2.24) is 0 Å². The summed E-state index contributed by atoms with van der Waals surface area (Å²) in [5.41, 5.74) is 0.793. The SMILES string of the molecule is CCC(=O)Nc1ccc(OC[C@H]2CO2)cc1. The number of nitrogens with one attached hydrogen (secondary N) is 1. The first-order chi connectivity index (χ1) is 7.78. The first-order valence-corrected chi connectivity index (χ1v) is 5.42. The summed E-state index contributed by atoms with van der Waals surface area (Å²) in [5, 5.41) is 2.78. The monoisotopic (exact) mass is 221 g/mol. The van der Waals surface area contributed by atoms with Crippen LogP contribution in [0.3, 0.4) is 0 Å². The van der Waals surface area contributed by atoms with E-state index in [2.05, 4.69) is 5.32 Å². The molecular formula is C12H15NO3. The van der Waals surface area contributed by atoms with Crippen molar-refractivity contribution in [1.29, 1.82) is 0 Å². The van der Waals surface area contributed by atoms with Crippen molar-refractivity contribution in [3.8, 4) is 5.75 Å². The summed E-state index contributed by atoms with van der Waals surface area (Å²) in [4.78, 5) is 11.1. The van der Waals surface area contributed by atoms with Crippen molar-refractivity contribution >= 4 is 11.6 Å². The molecule has 0 aromatic heterocycles. The molecule has 0 bridgehead atoms. The number of benzene rings is 1. The highest BCUT2D eigenvalue weighted by molar-refractivity contribution is 5.90. The normalized spacial score (nSPS) is 17.9. The van der Waals surface area contributed by atoms with Gasteiger partial charge in [0.05, 0.1) is 6.61 Å². The van der Waals surface area contributed by atoms with E-state index < -0.39 is 0 Å². The molecule has 1 atom stereocenters. The Hall–Kier alpha value is -1.55. The van der Waals surface area contributed by atoms with Crippen LogP contribution in [0.15, 0.2) is 24.3 Å². The average Bonchev–Trinajstić information content (AvgIpc) is 3.12. The predicted molar refractivity (Wildman–Crippen MR) is 60.6 cm³/mol. The predicted octanol–water partition coefficient (Wildman–Crippen LogP) is 1.81. The molecule has 4 heteroatoms. The third kappa shape index (κ3) is 3.24.